The number of rotatable bonds is 5. The lowest BCUT2D eigenvalue weighted by Crippen LogP contribution is -2.59. The van der Waals surface area contributed by atoms with Crippen molar-refractivity contribution in [3.8, 4) is 0 Å². The second-order valence-electron chi connectivity index (χ2n) is 5.33. The van der Waals surface area contributed by atoms with Gasteiger partial charge in [0.25, 0.3) is 0 Å². The number of anilines is 1. The molecular formula is C15H21Br2NO. The lowest BCUT2D eigenvalue weighted by molar-refractivity contribution is -0.109. The van der Waals surface area contributed by atoms with Crippen molar-refractivity contribution in [3.05, 3.63) is 27.1 Å². The van der Waals surface area contributed by atoms with Crippen LogP contribution in [0.5, 0.6) is 0 Å². The Kier molecular flexibility index (Phi) is 4.96. The summed E-state index contributed by atoms with van der Waals surface area (Å²) in [6.07, 6.45) is 2.57. The van der Waals surface area contributed by atoms with Crippen LogP contribution in [0.2, 0.25) is 0 Å². The Morgan fingerprint density at radius 3 is 2.47 bits per heavy atom. The number of nitrogens with one attached hydrogen (secondary N) is 1. The quantitative estimate of drug-likeness (QED) is 0.744. The monoisotopic (exact) mass is 389 g/mol. The van der Waals surface area contributed by atoms with Crippen molar-refractivity contribution in [2.75, 3.05) is 11.9 Å². The van der Waals surface area contributed by atoms with Crippen LogP contribution in [-0.4, -0.2) is 18.8 Å². The lowest BCUT2D eigenvalue weighted by Gasteiger charge is -2.54. The van der Waals surface area contributed by atoms with Crippen molar-refractivity contribution in [1.29, 1.82) is 0 Å². The van der Waals surface area contributed by atoms with Crippen molar-refractivity contribution in [2.24, 2.45) is 5.41 Å². The first-order valence-corrected chi connectivity index (χ1v) is 8.43. The summed E-state index contributed by atoms with van der Waals surface area (Å²) in [5, 5.41) is 3.67. The molecule has 0 bridgehead atoms. The summed E-state index contributed by atoms with van der Waals surface area (Å²) in [5.74, 6) is 0. The number of benzene rings is 1. The minimum atomic E-state index is 0.213. The van der Waals surface area contributed by atoms with E-state index in [4.69, 9.17) is 4.74 Å². The molecule has 19 heavy (non-hydrogen) atoms. The maximum atomic E-state index is 5.85. The molecule has 0 aromatic heterocycles. The van der Waals surface area contributed by atoms with Gasteiger partial charge in [0.2, 0.25) is 0 Å². The van der Waals surface area contributed by atoms with Gasteiger partial charge in [-0.15, -0.1) is 0 Å². The molecule has 1 saturated carbocycles. The zero-order chi connectivity index (χ0) is 14.0. The number of hydrogen-bond donors (Lipinski definition) is 1. The maximum Gasteiger partial charge on any atom is 0.0667 e. The van der Waals surface area contributed by atoms with Gasteiger partial charge in [0, 0.05) is 27.0 Å². The van der Waals surface area contributed by atoms with Crippen LogP contribution in [0.25, 0.3) is 0 Å². The molecule has 1 N–H and O–H groups in total. The van der Waals surface area contributed by atoms with Gasteiger partial charge in [-0.2, -0.15) is 0 Å². The lowest BCUT2D eigenvalue weighted by atomic mass is 9.61. The van der Waals surface area contributed by atoms with E-state index in [9.17, 15) is 0 Å². The highest BCUT2D eigenvalue weighted by Crippen LogP contribution is 2.48. The molecule has 0 aliphatic heterocycles. The summed E-state index contributed by atoms with van der Waals surface area (Å²) in [7, 11) is 0. The third kappa shape index (κ3) is 2.86. The van der Waals surface area contributed by atoms with E-state index in [0.717, 1.165) is 34.1 Å². The summed E-state index contributed by atoms with van der Waals surface area (Å²) < 4.78 is 8.04. The molecule has 0 radical (unpaired) electrons. The molecule has 0 amide bonds. The molecule has 4 heteroatoms. The number of para-hydroxylation sites is 1. The molecule has 2 nitrogen and oxygen atoms in total. The van der Waals surface area contributed by atoms with E-state index in [0.29, 0.717) is 12.1 Å². The van der Waals surface area contributed by atoms with E-state index < -0.39 is 0 Å². The summed E-state index contributed by atoms with van der Waals surface area (Å²) in [4.78, 5) is 0. The summed E-state index contributed by atoms with van der Waals surface area (Å²) >= 11 is 7.22. The van der Waals surface area contributed by atoms with Crippen molar-refractivity contribution >= 4 is 37.5 Å². The smallest absolute Gasteiger partial charge is 0.0667 e. The van der Waals surface area contributed by atoms with Gasteiger partial charge in [0.1, 0.15) is 0 Å². The Bertz CT molecular complexity index is 432. The maximum absolute atomic E-state index is 5.85. The van der Waals surface area contributed by atoms with E-state index in [2.05, 4.69) is 70.1 Å². The molecular weight excluding hydrogens is 370 g/mol. The molecule has 0 spiro atoms. The minimum absolute atomic E-state index is 0.213. The van der Waals surface area contributed by atoms with Crippen molar-refractivity contribution in [1.82, 2.24) is 0 Å². The first-order chi connectivity index (χ1) is 9.02. The molecule has 0 heterocycles. The average molecular weight is 391 g/mol. The van der Waals surface area contributed by atoms with Crippen LogP contribution in [0.15, 0.2) is 27.1 Å². The fourth-order valence-electron chi connectivity index (χ4n) is 2.78. The SMILES string of the molecule is CCOC1CC(Nc2c(Br)cccc2Br)C1(C)CC. The largest absolute Gasteiger partial charge is 0.380 e. The molecule has 1 aliphatic carbocycles. The van der Waals surface area contributed by atoms with Gasteiger partial charge >= 0.3 is 0 Å². The van der Waals surface area contributed by atoms with E-state index in [-0.39, 0.29) is 5.41 Å². The highest BCUT2D eigenvalue weighted by molar-refractivity contribution is 9.11. The molecule has 1 aliphatic rings. The summed E-state index contributed by atoms with van der Waals surface area (Å²) in [6, 6.07) is 6.62. The third-order valence-electron chi connectivity index (χ3n) is 4.39. The van der Waals surface area contributed by atoms with Crippen LogP contribution in [0.3, 0.4) is 0 Å². The topological polar surface area (TPSA) is 21.3 Å². The minimum Gasteiger partial charge on any atom is -0.380 e. The molecule has 0 saturated heterocycles. The first kappa shape index (κ1) is 15.3. The highest BCUT2D eigenvalue weighted by atomic mass is 79.9. The number of ether oxygens (including phenoxy) is 1. The molecule has 3 atom stereocenters. The van der Waals surface area contributed by atoms with Gasteiger partial charge in [-0.05, 0) is 63.8 Å². The predicted molar refractivity (Wildman–Crippen MR) is 87.7 cm³/mol. The molecule has 1 aromatic carbocycles. The zero-order valence-electron chi connectivity index (χ0n) is 11.7. The van der Waals surface area contributed by atoms with Crippen LogP contribution in [-0.2, 0) is 4.74 Å². The third-order valence-corrected chi connectivity index (χ3v) is 5.71. The van der Waals surface area contributed by atoms with Crippen molar-refractivity contribution in [2.45, 2.75) is 45.8 Å². The van der Waals surface area contributed by atoms with Crippen LogP contribution < -0.4 is 5.32 Å². The van der Waals surface area contributed by atoms with Crippen LogP contribution in [0, 0.1) is 5.41 Å². The van der Waals surface area contributed by atoms with Gasteiger partial charge in [-0.25, -0.2) is 0 Å². The van der Waals surface area contributed by atoms with Crippen molar-refractivity contribution in [3.63, 3.8) is 0 Å². The van der Waals surface area contributed by atoms with E-state index in [1.807, 2.05) is 6.07 Å². The first-order valence-electron chi connectivity index (χ1n) is 6.85. The Balaban J connectivity index is 2.12. The fourth-order valence-corrected chi connectivity index (χ4v) is 4.01. The van der Waals surface area contributed by atoms with E-state index >= 15 is 0 Å². The summed E-state index contributed by atoms with van der Waals surface area (Å²) in [6.45, 7) is 7.43. The second kappa shape index (κ2) is 6.15. The van der Waals surface area contributed by atoms with Crippen LogP contribution >= 0.6 is 31.9 Å². The fraction of sp³-hybridized carbons (Fsp3) is 0.600. The molecule has 1 aromatic rings. The second-order valence-corrected chi connectivity index (χ2v) is 7.04. The Morgan fingerprint density at radius 2 is 1.95 bits per heavy atom. The normalized spacial score (nSPS) is 29.9. The van der Waals surface area contributed by atoms with Gasteiger partial charge in [0.05, 0.1) is 11.8 Å². The predicted octanol–water partition coefficient (Wildman–Crippen LogP) is 5.22. The standard InChI is InChI=1S/C15H21Br2NO/c1-4-15(3)12(9-13(15)19-5-2)18-14-10(16)7-6-8-11(14)17/h6-8,12-13,18H,4-5,9H2,1-3H3. The Hall–Kier alpha value is -0.0600. The van der Waals surface area contributed by atoms with Gasteiger partial charge in [-0.3, -0.25) is 0 Å². The molecule has 1 fully saturated rings. The Morgan fingerprint density at radius 1 is 1.32 bits per heavy atom. The Labute approximate surface area is 132 Å². The van der Waals surface area contributed by atoms with Gasteiger partial charge in [0.15, 0.2) is 0 Å². The molecule has 3 unspecified atom stereocenters. The average Bonchev–Trinajstić information content (AvgIpc) is 2.39. The van der Waals surface area contributed by atoms with Crippen LogP contribution in [0.4, 0.5) is 5.69 Å². The van der Waals surface area contributed by atoms with Gasteiger partial charge < -0.3 is 10.1 Å². The summed E-state index contributed by atoms with van der Waals surface area (Å²) in [5.41, 5.74) is 1.35. The van der Waals surface area contributed by atoms with Gasteiger partial charge in [-0.1, -0.05) is 19.9 Å². The van der Waals surface area contributed by atoms with E-state index in [1.165, 1.54) is 0 Å². The van der Waals surface area contributed by atoms with Crippen LogP contribution in [0.1, 0.15) is 33.6 Å². The van der Waals surface area contributed by atoms with Crippen molar-refractivity contribution < 1.29 is 4.74 Å². The molecule has 106 valence electrons. The molecule has 2 rings (SSSR count). The highest BCUT2D eigenvalue weighted by Gasteiger charge is 2.51. The zero-order valence-corrected chi connectivity index (χ0v) is 14.8. The van der Waals surface area contributed by atoms with E-state index in [1.54, 1.807) is 0 Å². The number of hydrogen-bond acceptors (Lipinski definition) is 2. The number of halogens is 2.